The van der Waals surface area contributed by atoms with E-state index in [1.54, 1.807) is 23.3 Å². The van der Waals surface area contributed by atoms with Crippen LogP contribution in [0.1, 0.15) is 18.6 Å². The predicted molar refractivity (Wildman–Crippen MR) is 102 cm³/mol. The van der Waals surface area contributed by atoms with Gasteiger partial charge >= 0.3 is 0 Å². The van der Waals surface area contributed by atoms with Gasteiger partial charge in [0.15, 0.2) is 0 Å². The summed E-state index contributed by atoms with van der Waals surface area (Å²) in [7, 11) is 0. The van der Waals surface area contributed by atoms with Crippen molar-refractivity contribution in [1.29, 1.82) is 0 Å². The highest BCUT2D eigenvalue weighted by Crippen LogP contribution is 2.21. The summed E-state index contributed by atoms with van der Waals surface area (Å²) in [4.78, 5) is 5.31. The smallest absolute Gasteiger partial charge is 0.0922 e. The lowest BCUT2D eigenvalue weighted by Crippen LogP contribution is -2.34. The number of fused-ring (bicyclic) bond motifs is 1. The van der Waals surface area contributed by atoms with Crippen LogP contribution >= 0.6 is 23.3 Å². The minimum absolute atomic E-state index is 0.290. The standard InChI is InChI=1S/C18H21N3OS2/c1-13(9-20-11-18(22)16-5-7-23-12-16)21-24-17-3-2-15-10-19-6-4-14(15)8-17/h2-8,10,12-13,18,20-22H,9,11H2,1H3/t13-,18-/m1/s1. The first-order chi connectivity index (χ1) is 11.7. The third-order valence-electron chi connectivity index (χ3n) is 3.71. The fourth-order valence-electron chi connectivity index (χ4n) is 2.35. The monoisotopic (exact) mass is 359 g/mol. The molecule has 0 saturated carbocycles. The molecule has 4 nitrogen and oxygen atoms in total. The van der Waals surface area contributed by atoms with Gasteiger partial charge in [0.1, 0.15) is 0 Å². The van der Waals surface area contributed by atoms with Crippen LogP contribution in [0.3, 0.4) is 0 Å². The van der Waals surface area contributed by atoms with Crippen molar-refractivity contribution in [3.8, 4) is 0 Å². The van der Waals surface area contributed by atoms with Gasteiger partial charge in [0.05, 0.1) is 6.10 Å². The number of nitrogens with zero attached hydrogens (tertiary/aromatic N) is 1. The first-order valence-corrected chi connectivity index (χ1v) is 9.65. The molecule has 0 aliphatic rings. The summed E-state index contributed by atoms with van der Waals surface area (Å²) in [6, 6.07) is 10.6. The van der Waals surface area contributed by atoms with Gasteiger partial charge in [0.25, 0.3) is 0 Å². The second-order valence-corrected chi connectivity index (χ2v) is 7.43. The number of hydrogen-bond acceptors (Lipinski definition) is 6. The summed E-state index contributed by atoms with van der Waals surface area (Å²) in [6.45, 7) is 3.49. The van der Waals surface area contributed by atoms with E-state index in [2.05, 4.69) is 40.1 Å². The molecule has 2 heterocycles. The van der Waals surface area contributed by atoms with Crippen LogP contribution in [-0.2, 0) is 0 Å². The van der Waals surface area contributed by atoms with E-state index in [0.29, 0.717) is 6.54 Å². The lowest BCUT2D eigenvalue weighted by molar-refractivity contribution is 0.174. The molecule has 1 aromatic carbocycles. The number of pyridine rings is 1. The van der Waals surface area contributed by atoms with Gasteiger partial charge in [-0.1, -0.05) is 6.07 Å². The van der Waals surface area contributed by atoms with Crippen LogP contribution in [-0.4, -0.2) is 29.2 Å². The number of hydrogen-bond donors (Lipinski definition) is 3. The topological polar surface area (TPSA) is 57.2 Å². The minimum atomic E-state index is -0.440. The molecule has 2 aromatic heterocycles. The number of nitrogens with one attached hydrogen (secondary N) is 2. The summed E-state index contributed by atoms with van der Waals surface area (Å²) in [6.07, 6.45) is 3.25. The minimum Gasteiger partial charge on any atom is -0.387 e. The van der Waals surface area contributed by atoms with Crippen molar-refractivity contribution in [3.05, 3.63) is 59.0 Å². The highest BCUT2D eigenvalue weighted by molar-refractivity contribution is 7.97. The molecular weight excluding hydrogens is 338 g/mol. The van der Waals surface area contributed by atoms with Gasteiger partial charge in [-0.25, -0.2) is 0 Å². The van der Waals surface area contributed by atoms with Gasteiger partial charge in [0.2, 0.25) is 0 Å². The first kappa shape index (κ1) is 17.4. The van der Waals surface area contributed by atoms with Gasteiger partial charge in [-0.2, -0.15) is 11.3 Å². The number of benzene rings is 1. The largest absolute Gasteiger partial charge is 0.387 e. The zero-order valence-electron chi connectivity index (χ0n) is 13.5. The molecule has 0 aliphatic heterocycles. The lowest BCUT2D eigenvalue weighted by Gasteiger charge is -2.16. The second-order valence-electron chi connectivity index (χ2n) is 5.74. The Morgan fingerprint density at radius 3 is 2.96 bits per heavy atom. The van der Waals surface area contributed by atoms with E-state index >= 15 is 0 Å². The maximum Gasteiger partial charge on any atom is 0.0922 e. The van der Waals surface area contributed by atoms with E-state index in [0.717, 1.165) is 17.5 Å². The highest BCUT2D eigenvalue weighted by atomic mass is 32.2. The molecule has 0 aliphatic carbocycles. The van der Waals surface area contributed by atoms with Crippen LogP contribution in [0.15, 0.2) is 58.4 Å². The van der Waals surface area contributed by atoms with E-state index in [9.17, 15) is 5.11 Å². The Balaban J connectivity index is 1.42. The number of aliphatic hydroxyl groups is 1. The number of thiophene rings is 1. The molecule has 3 rings (SSSR count). The molecule has 0 spiro atoms. The van der Waals surface area contributed by atoms with Crippen LogP contribution in [0.2, 0.25) is 0 Å². The van der Waals surface area contributed by atoms with E-state index < -0.39 is 6.10 Å². The number of aromatic nitrogens is 1. The molecule has 0 fully saturated rings. The Morgan fingerprint density at radius 1 is 1.21 bits per heavy atom. The Hall–Kier alpha value is -1.44. The maximum absolute atomic E-state index is 10.0. The van der Waals surface area contributed by atoms with Crippen molar-refractivity contribution in [1.82, 2.24) is 15.0 Å². The summed E-state index contributed by atoms with van der Waals surface area (Å²) in [5.41, 5.74) is 0.980. The number of rotatable bonds is 8. The maximum atomic E-state index is 10.0. The SMILES string of the molecule is C[C@H](CNC[C@@H](O)c1ccsc1)NSc1ccc2cnccc2c1. The fourth-order valence-corrected chi connectivity index (χ4v) is 3.80. The molecule has 2 atom stereocenters. The molecule has 3 aromatic rings. The first-order valence-electron chi connectivity index (χ1n) is 7.89. The molecule has 24 heavy (non-hydrogen) atoms. The highest BCUT2D eigenvalue weighted by Gasteiger charge is 2.08. The molecule has 0 saturated heterocycles. The van der Waals surface area contributed by atoms with Gasteiger partial charge < -0.3 is 10.4 Å². The average molecular weight is 360 g/mol. The van der Waals surface area contributed by atoms with Gasteiger partial charge in [-0.15, -0.1) is 0 Å². The van der Waals surface area contributed by atoms with Crippen LogP contribution < -0.4 is 10.0 Å². The van der Waals surface area contributed by atoms with E-state index in [-0.39, 0.29) is 6.04 Å². The fraction of sp³-hybridized carbons (Fsp3) is 0.278. The Kier molecular flexibility index (Phi) is 6.23. The second kappa shape index (κ2) is 8.60. The van der Waals surface area contributed by atoms with Gasteiger partial charge in [0, 0.05) is 41.8 Å². The van der Waals surface area contributed by atoms with Crippen molar-refractivity contribution in [2.45, 2.75) is 24.0 Å². The molecule has 126 valence electrons. The summed E-state index contributed by atoms with van der Waals surface area (Å²) in [5.74, 6) is 0. The molecule has 6 heteroatoms. The molecule has 0 unspecified atom stereocenters. The summed E-state index contributed by atoms with van der Waals surface area (Å²) >= 11 is 3.24. The third kappa shape index (κ3) is 4.78. The van der Waals surface area contributed by atoms with Crippen molar-refractivity contribution in [3.63, 3.8) is 0 Å². The van der Waals surface area contributed by atoms with E-state index in [1.807, 2.05) is 35.3 Å². The van der Waals surface area contributed by atoms with E-state index in [4.69, 9.17) is 0 Å². The molecule has 3 N–H and O–H groups in total. The van der Waals surface area contributed by atoms with Crippen LogP contribution in [0.25, 0.3) is 10.8 Å². The normalized spacial score (nSPS) is 13.9. The van der Waals surface area contributed by atoms with E-state index in [1.165, 1.54) is 10.3 Å². The molecular formula is C18H21N3OS2. The van der Waals surface area contributed by atoms with Crippen LogP contribution in [0, 0.1) is 0 Å². The van der Waals surface area contributed by atoms with Gasteiger partial charge in [-0.3, -0.25) is 9.71 Å². The summed E-state index contributed by atoms with van der Waals surface area (Å²) < 4.78 is 3.43. The van der Waals surface area contributed by atoms with Crippen LogP contribution in [0.4, 0.5) is 0 Å². The van der Waals surface area contributed by atoms with Crippen molar-refractivity contribution in [2.24, 2.45) is 0 Å². The van der Waals surface area contributed by atoms with Crippen molar-refractivity contribution < 1.29 is 5.11 Å². The van der Waals surface area contributed by atoms with Crippen LogP contribution in [0.5, 0.6) is 0 Å². The molecule has 0 radical (unpaired) electrons. The molecule has 0 bridgehead atoms. The predicted octanol–water partition coefficient (Wildman–Crippen LogP) is 3.60. The lowest BCUT2D eigenvalue weighted by atomic mass is 10.2. The Morgan fingerprint density at radius 2 is 2.12 bits per heavy atom. The Labute approximate surface area is 150 Å². The molecule has 0 amide bonds. The average Bonchev–Trinajstić information content (AvgIpc) is 3.14. The van der Waals surface area contributed by atoms with Crippen molar-refractivity contribution >= 4 is 34.1 Å². The van der Waals surface area contributed by atoms with Gasteiger partial charge in [-0.05, 0) is 64.8 Å². The Bertz CT molecular complexity index is 764. The zero-order valence-corrected chi connectivity index (χ0v) is 15.1. The number of aliphatic hydroxyl groups excluding tert-OH is 1. The van der Waals surface area contributed by atoms with Crippen molar-refractivity contribution in [2.75, 3.05) is 13.1 Å². The zero-order chi connectivity index (χ0) is 16.8. The quantitative estimate of drug-likeness (QED) is 0.537. The summed E-state index contributed by atoms with van der Waals surface area (Å²) in [5, 5.41) is 19.7. The third-order valence-corrected chi connectivity index (χ3v) is 5.42.